The van der Waals surface area contributed by atoms with Crippen molar-refractivity contribution in [3.05, 3.63) is 71.5 Å². The van der Waals surface area contributed by atoms with Crippen molar-refractivity contribution in [2.24, 2.45) is 0 Å². The molecule has 3 aromatic rings. The highest BCUT2D eigenvalue weighted by atomic mass is 32.2. The third-order valence-corrected chi connectivity index (χ3v) is 3.97. The molecule has 6 nitrogen and oxygen atoms in total. The van der Waals surface area contributed by atoms with Crippen LogP contribution in [0.1, 0.15) is 11.5 Å². The van der Waals surface area contributed by atoms with Crippen LogP contribution in [-0.4, -0.2) is 18.6 Å². The van der Waals surface area contributed by atoms with E-state index in [0.717, 1.165) is 11.0 Å². The molecule has 0 aliphatic heterocycles. The van der Waals surface area contributed by atoms with Crippen LogP contribution in [0.3, 0.4) is 0 Å². The van der Waals surface area contributed by atoms with Gasteiger partial charge < -0.3 is 8.71 Å². The molecular weight excluding hydrogens is 328 g/mol. The van der Waals surface area contributed by atoms with Gasteiger partial charge in [-0.15, -0.1) is 0 Å². The van der Waals surface area contributed by atoms with E-state index in [1.807, 2.05) is 18.2 Å². The monoisotopic (exact) mass is 342 g/mol. The summed E-state index contributed by atoms with van der Waals surface area (Å²) in [5, 5.41) is 4.82. The number of hydrogen-bond donors (Lipinski definition) is 0. The molecule has 0 saturated carbocycles. The van der Waals surface area contributed by atoms with Crippen LogP contribution in [-0.2, 0) is 10.1 Å². The second-order valence-corrected chi connectivity index (χ2v) is 6.38. The topological polar surface area (TPSA) is 82.3 Å². The summed E-state index contributed by atoms with van der Waals surface area (Å²) in [5.41, 5.74) is 1.48. The van der Waals surface area contributed by atoms with Crippen molar-refractivity contribution >= 4 is 16.2 Å². The second kappa shape index (κ2) is 6.67. The predicted molar refractivity (Wildman–Crippen MR) is 89.5 cm³/mol. The highest BCUT2D eigenvalue weighted by Gasteiger charge is 2.10. The molecule has 0 radical (unpaired) electrons. The molecular formula is C17H14N2O4S. The summed E-state index contributed by atoms with van der Waals surface area (Å²) < 4.78 is 33.9. The first-order chi connectivity index (χ1) is 11.5. The molecule has 0 unspecified atom stereocenters. The van der Waals surface area contributed by atoms with Gasteiger partial charge in [0.05, 0.1) is 5.41 Å². The summed E-state index contributed by atoms with van der Waals surface area (Å²) in [6.45, 7) is 1.69. The van der Waals surface area contributed by atoms with E-state index in [1.165, 1.54) is 18.2 Å². The molecule has 3 rings (SSSR count). The number of hydrogen-bond acceptors (Lipinski definition) is 6. The Hall–Kier alpha value is -2.93. The Morgan fingerprint density at radius 2 is 1.75 bits per heavy atom. The van der Waals surface area contributed by atoms with E-state index in [-0.39, 0.29) is 5.75 Å². The van der Waals surface area contributed by atoms with Crippen molar-refractivity contribution < 1.29 is 17.1 Å². The molecule has 0 spiro atoms. The first-order valence-electron chi connectivity index (χ1n) is 7.10. The minimum absolute atomic E-state index is 0.205. The van der Waals surface area contributed by atoms with Gasteiger partial charge in [-0.05, 0) is 35.9 Å². The van der Waals surface area contributed by atoms with Crippen molar-refractivity contribution in [1.82, 2.24) is 10.1 Å². The number of aryl methyl sites for hydroxylation is 1. The summed E-state index contributed by atoms with van der Waals surface area (Å²) in [4.78, 5) is 4.10. The van der Waals surface area contributed by atoms with Crippen LogP contribution >= 0.6 is 0 Å². The average molecular weight is 342 g/mol. The lowest BCUT2D eigenvalue weighted by Crippen LogP contribution is -2.04. The summed E-state index contributed by atoms with van der Waals surface area (Å²) in [7, 11) is -3.84. The molecule has 0 bridgehead atoms. The molecule has 0 fully saturated rings. The number of nitrogens with zero attached hydrogens (tertiary/aromatic N) is 2. The Labute approximate surface area is 139 Å². The van der Waals surface area contributed by atoms with E-state index >= 15 is 0 Å². The quantitative estimate of drug-likeness (QED) is 0.661. The van der Waals surface area contributed by atoms with Gasteiger partial charge >= 0.3 is 10.1 Å². The van der Waals surface area contributed by atoms with E-state index in [9.17, 15) is 8.42 Å². The van der Waals surface area contributed by atoms with E-state index in [0.29, 0.717) is 17.3 Å². The normalized spacial score (nSPS) is 11.7. The zero-order chi connectivity index (χ0) is 17.0. The van der Waals surface area contributed by atoms with Gasteiger partial charge in [0.1, 0.15) is 5.75 Å². The smallest absolute Gasteiger partial charge is 0.332 e. The molecule has 1 aromatic heterocycles. The van der Waals surface area contributed by atoms with Crippen LogP contribution in [0.5, 0.6) is 5.75 Å². The molecule has 0 aliphatic carbocycles. The predicted octanol–water partition coefficient (Wildman–Crippen LogP) is 3.42. The largest absolute Gasteiger partial charge is 0.379 e. The van der Waals surface area contributed by atoms with Gasteiger partial charge in [0.25, 0.3) is 0 Å². The molecule has 0 N–H and O–H groups in total. The van der Waals surface area contributed by atoms with Gasteiger partial charge in [-0.2, -0.15) is 13.4 Å². The van der Waals surface area contributed by atoms with E-state index in [2.05, 4.69) is 10.1 Å². The molecule has 24 heavy (non-hydrogen) atoms. The minimum atomic E-state index is -3.84. The Bertz CT molecular complexity index is 946. The minimum Gasteiger partial charge on any atom is -0.379 e. The van der Waals surface area contributed by atoms with Crippen molar-refractivity contribution in [2.75, 3.05) is 0 Å². The summed E-state index contributed by atoms with van der Waals surface area (Å²) in [6, 6.07) is 15.5. The molecule has 7 heteroatoms. The van der Waals surface area contributed by atoms with Crippen molar-refractivity contribution in [3.63, 3.8) is 0 Å². The summed E-state index contributed by atoms with van der Waals surface area (Å²) >= 11 is 0. The molecule has 0 amide bonds. The Kier molecular flexibility index (Phi) is 4.43. The van der Waals surface area contributed by atoms with E-state index in [4.69, 9.17) is 8.71 Å². The number of aromatic nitrogens is 2. The first-order valence-corrected chi connectivity index (χ1v) is 8.57. The SMILES string of the molecule is Cc1nc(-c2ccc(OS(=O)(=O)C=Cc3ccccc3)cc2)no1. The van der Waals surface area contributed by atoms with Crippen LogP contribution in [0, 0.1) is 6.92 Å². The van der Waals surface area contributed by atoms with E-state index in [1.54, 1.807) is 31.2 Å². The van der Waals surface area contributed by atoms with Crippen molar-refractivity contribution in [1.29, 1.82) is 0 Å². The highest BCUT2D eigenvalue weighted by Crippen LogP contribution is 2.21. The third-order valence-electron chi connectivity index (χ3n) is 3.08. The lowest BCUT2D eigenvalue weighted by molar-refractivity contribution is 0.394. The molecule has 0 aliphatic rings. The third kappa shape index (κ3) is 4.08. The Morgan fingerprint density at radius 3 is 2.38 bits per heavy atom. The lowest BCUT2D eigenvalue weighted by Gasteiger charge is -2.03. The number of benzene rings is 2. The molecule has 2 aromatic carbocycles. The van der Waals surface area contributed by atoms with Gasteiger partial charge in [-0.1, -0.05) is 35.5 Å². The van der Waals surface area contributed by atoms with Gasteiger partial charge in [0, 0.05) is 12.5 Å². The zero-order valence-electron chi connectivity index (χ0n) is 12.8. The summed E-state index contributed by atoms with van der Waals surface area (Å²) in [5.74, 6) is 1.10. The zero-order valence-corrected chi connectivity index (χ0v) is 13.6. The van der Waals surface area contributed by atoms with Gasteiger partial charge in [-0.25, -0.2) is 0 Å². The van der Waals surface area contributed by atoms with Crippen LogP contribution in [0.25, 0.3) is 17.5 Å². The fraction of sp³-hybridized carbons (Fsp3) is 0.0588. The van der Waals surface area contributed by atoms with Crippen molar-refractivity contribution in [2.45, 2.75) is 6.92 Å². The first kappa shape index (κ1) is 15.9. The fourth-order valence-corrected chi connectivity index (χ4v) is 2.72. The summed E-state index contributed by atoms with van der Waals surface area (Å²) in [6.07, 6.45) is 1.48. The molecule has 0 saturated heterocycles. The highest BCUT2D eigenvalue weighted by molar-refractivity contribution is 7.90. The fourth-order valence-electron chi connectivity index (χ4n) is 1.96. The van der Waals surface area contributed by atoms with Gasteiger partial charge in [-0.3, -0.25) is 0 Å². The van der Waals surface area contributed by atoms with Crippen LogP contribution in [0.2, 0.25) is 0 Å². The molecule has 0 atom stereocenters. The van der Waals surface area contributed by atoms with Crippen LogP contribution < -0.4 is 4.18 Å². The maximum absolute atomic E-state index is 12.0. The standard InChI is InChI=1S/C17H14N2O4S/c1-13-18-17(19-22-13)15-7-9-16(10-8-15)23-24(20,21)12-11-14-5-3-2-4-6-14/h2-12H,1H3. The van der Waals surface area contributed by atoms with Gasteiger partial charge in [0.2, 0.25) is 11.7 Å². The average Bonchev–Trinajstić information content (AvgIpc) is 3.01. The Balaban J connectivity index is 1.72. The van der Waals surface area contributed by atoms with Gasteiger partial charge in [0.15, 0.2) is 0 Å². The molecule has 122 valence electrons. The second-order valence-electron chi connectivity index (χ2n) is 4.95. The Morgan fingerprint density at radius 1 is 1.04 bits per heavy atom. The van der Waals surface area contributed by atoms with Crippen LogP contribution in [0.4, 0.5) is 0 Å². The number of rotatable bonds is 5. The maximum Gasteiger partial charge on any atom is 0.332 e. The lowest BCUT2D eigenvalue weighted by atomic mass is 10.2. The van der Waals surface area contributed by atoms with Crippen molar-refractivity contribution in [3.8, 4) is 17.1 Å². The maximum atomic E-state index is 12.0. The van der Waals surface area contributed by atoms with Crippen LogP contribution in [0.15, 0.2) is 64.5 Å². The molecule has 1 heterocycles. The van der Waals surface area contributed by atoms with E-state index < -0.39 is 10.1 Å².